The van der Waals surface area contributed by atoms with Crippen LogP contribution >= 0.6 is 0 Å². The van der Waals surface area contributed by atoms with Crippen molar-refractivity contribution in [3.05, 3.63) is 0 Å². The molecule has 4 unspecified atom stereocenters. The zero-order valence-electron chi connectivity index (χ0n) is 9.54. The Kier molecular flexibility index (Phi) is 3.29. The Morgan fingerprint density at radius 3 is 2.80 bits per heavy atom. The SMILES string of the molecule is CC(N)CCC(=O)NC1CC2CCC1C2. The highest BCUT2D eigenvalue weighted by Crippen LogP contribution is 2.44. The van der Waals surface area contributed by atoms with Crippen LogP contribution in [0.25, 0.3) is 0 Å². The Labute approximate surface area is 91.8 Å². The lowest BCUT2D eigenvalue weighted by molar-refractivity contribution is -0.122. The van der Waals surface area contributed by atoms with Crippen LogP contribution in [0.1, 0.15) is 45.4 Å². The van der Waals surface area contributed by atoms with Gasteiger partial charge in [-0.15, -0.1) is 0 Å². The van der Waals surface area contributed by atoms with Gasteiger partial charge in [-0.1, -0.05) is 6.42 Å². The molecule has 15 heavy (non-hydrogen) atoms. The maximum Gasteiger partial charge on any atom is 0.220 e. The van der Waals surface area contributed by atoms with Crippen molar-refractivity contribution in [3.8, 4) is 0 Å². The molecular formula is C12H22N2O. The third kappa shape index (κ3) is 2.71. The van der Waals surface area contributed by atoms with Crippen LogP contribution in [-0.2, 0) is 4.79 Å². The Hall–Kier alpha value is -0.570. The maximum absolute atomic E-state index is 11.6. The van der Waals surface area contributed by atoms with E-state index in [1.54, 1.807) is 0 Å². The zero-order chi connectivity index (χ0) is 10.8. The summed E-state index contributed by atoms with van der Waals surface area (Å²) in [5.74, 6) is 1.87. The summed E-state index contributed by atoms with van der Waals surface area (Å²) >= 11 is 0. The molecule has 2 saturated carbocycles. The molecule has 0 radical (unpaired) electrons. The van der Waals surface area contributed by atoms with Gasteiger partial charge in [0.2, 0.25) is 5.91 Å². The fraction of sp³-hybridized carbons (Fsp3) is 0.917. The smallest absolute Gasteiger partial charge is 0.220 e. The molecule has 4 atom stereocenters. The van der Waals surface area contributed by atoms with Crippen LogP contribution in [0, 0.1) is 11.8 Å². The standard InChI is InChI=1S/C12H22N2O/c1-8(13)2-5-12(15)14-11-7-9-3-4-10(11)6-9/h8-11H,2-7,13H2,1H3,(H,14,15). The Bertz CT molecular complexity index is 240. The van der Waals surface area contributed by atoms with E-state index in [4.69, 9.17) is 5.73 Å². The van der Waals surface area contributed by atoms with E-state index in [0.717, 1.165) is 18.3 Å². The zero-order valence-corrected chi connectivity index (χ0v) is 9.54. The van der Waals surface area contributed by atoms with Crippen molar-refractivity contribution >= 4 is 5.91 Å². The molecule has 3 nitrogen and oxygen atoms in total. The number of hydrogen-bond acceptors (Lipinski definition) is 2. The van der Waals surface area contributed by atoms with Crippen molar-refractivity contribution in [1.82, 2.24) is 5.32 Å². The van der Waals surface area contributed by atoms with Gasteiger partial charge in [0, 0.05) is 18.5 Å². The molecule has 2 aliphatic rings. The normalized spacial score (nSPS) is 35.5. The summed E-state index contributed by atoms with van der Waals surface area (Å²) < 4.78 is 0. The van der Waals surface area contributed by atoms with E-state index < -0.39 is 0 Å². The molecule has 0 saturated heterocycles. The first kappa shape index (κ1) is 10.9. The van der Waals surface area contributed by atoms with Gasteiger partial charge in [0.1, 0.15) is 0 Å². The summed E-state index contributed by atoms with van der Waals surface area (Å²) in [5, 5.41) is 3.17. The molecule has 0 aromatic rings. The quantitative estimate of drug-likeness (QED) is 0.737. The minimum atomic E-state index is 0.135. The van der Waals surface area contributed by atoms with Crippen LogP contribution in [0.5, 0.6) is 0 Å². The molecule has 2 rings (SSSR count). The number of fused-ring (bicyclic) bond motifs is 2. The highest BCUT2D eigenvalue weighted by atomic mass is 16.1. The predicted octanol–water partition coefficient (Wildman–Crippen LogP) is 1.42. The summed E-state index contributed by atoms with van der Waals surface area (Å²) in [7, 11) is 0. The van der Waals surface area contributed by atoms with Crippen LogP contribution in [0.4, 0.5) is 0 Å². The molecule has 0 aromatic heterocycles. The van der Waals surface area contributed by atoms with E-state index in [-0.39, 0.29) is 11.9 Å². The van der Waals surface area contributed by atoms with Crippen molar-refractivity contribution in [2.45, 2.75) is 57.5 Å². The molecule has 3 N–H and O–H groups in total. The molecule has 0 aliphatic heterocycles. The van der Waals surface area contributed by atoms with E-state index in [1.165, 1.54) is 25.7 Å². The van der Waals surface area contributed by atoms with Gasteiger partial charge in [-0.25, -0.2) is 0 Å². The lowest BCUT2D eigenvalue weighted by Crippen LogP contribution is -2.38. The third-order valence-corrected chi connectivity index (χ3v) is 3.91. The van der Waals surface area contributed by atoms with E-state index in [9.17, 15) is 4.79 Å². The Morgan fingerprint density at radius 1 is 1.47 bits per heavy atom. The minimum absolute atomic E-state index is 0.135. The minimum Gasteiger partial charge on any atom is -0.353 e. The van der Waals surface area contributed by atoms with Crippen molar-refractivity contribution in [3.63, 3.8) is 0 Å². The van der Waals surface area contributed by atoms with Crippen LogP contribution in [0.3, 0.4) is 0 Å². The fourth-order valence-corrected chi connectivity index (χ4v) is 3.06. The van der Waals surface area contributed by atoms with Gasteiger partial charge in [0.05, 0.1) is 0 Å². The Morgan fingerprint density at radius 2 is 2.27 bits per heavy atom. The van der Waals surface area contributed by atoms with Crippen molar-refractivity contribution in [2.75, 3.05) is 0 Å². The second-order valence-electron chi connectivity index (χ2n) is 5.36. The first-order valence-electron chi connectivity index (χ1n) is 6.20. The largest absolute Gasteiger partial charge is 0.353 e. The number of hydrogen-bond donors (Lipinski definition) is 2. The van der Waals surface area contributed by atoms with Crippen molar-refractivity contribution < 1.29 is 4.79 Å². The van der Waals surface area contributed by atoms with Gasteiger partial charge in [-0.2, -0.15) is 0 Å². The van der Waals surface area contributed by atoms with Crippen LogP contribution in [0.15, 0.2) is 0 Å². The average Bonchev–Trinajstić information content (AvgIpc) is 2.76. The number of amides is 1. The van der Waals surface area contributed by atoms with Gasteiger partial charge < -0.3 is 11.1 Å². The number of carbonyl (C=O) groups excluding carboxylic acids is 1. The molecule has 3 heteroatoms. The monoisotopic (exact) mass is 210 g/mol. The molecular weight excluding hydrogens is 188 g/mol. The van der Waals surface area contributed by atoms with Gasteiger partial charge in [-0.3, -0.25) is 4.79 Å². The third-order valence-electron chi connectivity index (χ3n) is 3.91. The second-order valence-corrected chi connectivity index (χ2v) is 5.36. The second kappa shape index (κ2) is 4.52. The van der Waals surface area contributed by atoms with Crippen LogP contribution < -0.4 is 11.1 Å². The fourth-order valence-electron chi connectivity index (χ4n) is 3.06. The molecule has 0 spiro atoms. The maximum atomic E-state index is 11.6. The summed E-state index contributed by atoms with van der Waals surface area (Å²) in [6, 6.07) is 0.611. The molecule has 0 heterocycles. The first-order chi connectivity index (χ1) is 7.15. The van der Waals surface area contributed by atoms with E-state index in [1.807, 2.05) is 6.92 Å². The summed E-state index contributed by atoms with van der Waals surface area (Å²) in [6.07, 6.45) is 6.66. The van der Waals surface area contributed by atoms with Gasteiger partial charge in [0.25, 0.3) is 0 Å². The van der Waals surface area contributed by atoms with Gasteiger partial charge >= 0.3 is 0 Å². The molecule has 2 aliphatic carbocycles. The van der Waals surface area contributed by atoms with Crippen LogP contribution in [-0.4, -0.2) is 18.0 Å². The Balaban J connectivity index is 1.71. The van der Waals surface area contributed by atoms with Crippen molar-refractivity contribution in [1.29, 1.82) is 0 Å². The summed E-state index contributed by atoms with van der Waals surface area (Å²) in [6.45, 7) is 1.95. The lowest BCUT2D eigenvalue weighted by atomic mass is 9.95. The first-order valence-corrected chi connectivity index (χ1v) is 6.20. The van der Waals surface area contributed by atoms with Crippen molar-refractivity contribution in [2.24, 2.45) is 17.6 Å². The number of carbonyl (C=O) groups is 1. The lowest BCUT2D eigenvalue weighted by Gasteiger charge is -2.23. The molecule has 2 bridgehead atoms. The summed E-state index contributed by atoms with van der Waals surface area (Å²) in [5.41, 5.74) is 5.63. The van der Waals surface area contributed by atoms with Gasteiger partial charge in [0.15, 0.2) is 0 Å². The molecule has 0 aromatic carbocycles. The molecule has 86 valence electrons. The molecule has 1 amide bonds. The summed E-state index contributed by atoms with van der Waals surface area (Å²) in [4.78, 5) is 11.6. The van der Waals surface area contributed by atoms with E-state index in [0.29, 0.717) is 12.5 Å². The van der Waals surface area contributed by atoms with Crippen LogP contribution in [0.2, 0.25) is 0 Å². The van der Waals surface area contributed by atoms with Gasteiger partial charge in [-0.05, 0) is 44.4 Å². The van der Waals surface area contributed by atoms with E-state index >= 15 is 0 Å². The highest BCUT2D eigenvalue weighted by molar-refractivity contribution is 5.76. The number of nitrogens with one attached hydrogen (secondary N) is 1. The number of nitrogens with two attached hydrogens (primary N) is 1. The average molecular weight is 210 g/mol. The highest BCUT2D eigenvalue weighted by Gasteiger charge is 2.39. The predicted molar refractivity (Wildman–Crippen MR) is 60.3 cm³/mol. The van der Waals surface area contributed by atoms with E-state index in [2.05, 4.69) is 5.32 Å². The topological polar surface area (TPSA) is 55.1 Å². The molecule has 2 fully saturated rings. The number of rotatable bonds is 4.